The van der Waals surface area contributed by atoms with Crippen LogP contribution in [0.4, 0.5) is 4.79 Å². The van der Waals surface area contributed by atoms with Crippen molar-refractivity contribution in [2.75, 3.05) is 13.2 Å². The lowest BCUT2D eigenvalue weighted by Crippen LogP contribution is -2.63. The molecule has 0 unspecified atom stereocenters. The summed E-state index contributed by atoms with van der Waals surface area (Å²) in [6, 6.07) is 9.40. The molecule has 2 aliphatic heterocycles. The largest absolute Gasteiger partial charge is 0.444 e. The first-order valence-electron chi connectivity index (χ1n) is 9.71. The van der Waals surface area contributed by atoms with Crippen LogP contribution in [0.15, 0.2) is 30.3 Å². The number of fused-ring (bicyclic) bond motifs is 1. The van der Waals surface area contributed by atoms with Gasteiger partial charge in [-0.3, -0.25) is 4.90 Å². The lowest BCUT2D eigenvalue weighted by atomic mass is 9.94. The van der Waals surface area contributed by atoms with Crippen LogP contribution in [0, 0.1) is 0 Å². The van der Waals surface area contributed by atoms with Crippen molar-refractivity contribution in [3.8, 4) is 0 Å². The molecule has 2 aliphatic rings. The summed E-state index contributed by atoms with van der Waals surface area (Å²) in [4.78, 5) is 14.3. The fourth-order valence-corrected chi connectivity index (χ4v) is 3.62. The maximum absolute atomic E-state index is 12.8. The molecule has 1 N–H and O–H groups in total. The fraction of sp³-hybridized carbons (Fsp3) is 0.667. The van der Waals surface area contributed by atoms with Gasteiger partial charge in [0, 0.05) is 0 Å². The van der Waals surface area contributed by atoms with E-state index in [4.69, 9.17) is 18.9 Å². The Morgan fingerprint density at radius 1 is 1.21 bits per heavy atom. The molecule has 4 atom stereocenters. The van der Waals surface area contributed by atoms with E-state index in [1.165, 1.54) is 4.90 Å². The van der Waals surface area contributed by atoms with Crippen LogP contribution in [-0.2, 0) is 25.6 Å². The van der Waals surface area contributed by atoms with Crippen molar-refractivity contribution in [3.05, 3.63) is 35.9 Å². The van der Waals surface area contributed by atoms with Crippen molar-refractivity contribution in [1.82, 2.24) is 4.90 Å². The predicted octanol–water partition coefficient (Wildman–Crippen LogP) is 2.70. The average Bonchev–Trinajstić information content (AvgIpc) is 2.92. The Hall–Kier alpha value is -1.67. The number of carbonyl (C=O) groups excluding carboxylic acids is 1. The van der Waals surface area contributed by atoms with Crippen molar-refractivity contribution >= 4 is 6.09 Å². The highest BCUT2D eigenvalue weighted by Gasteiger charge is 2.54. The van der Waals surface area contributed by atoms with Crippen LogP contribution < -0.4 is 0 Å². The van der Waals surface area contributed by atoms with Gasteiger partial charge in [-0.25, -0.2) is 4.79 Å². The Bertz CT molecular complexity index is 671. The zero-order valence-electron chi connectivity index (χ0n) is 17.3. The zero-order chi connectivity index (χ0) is 20.5. The molecule has 156 valence electrons. The van der Waals surface area contributed by atoms with Gasteiger partial charge in [0.1, 0.15) is 23.9 Å². The number of likely N-dealkylation sites (tertiary alicyclic amines) is 1. The molecular weight excluding hydrogens is 362 g/mol. The molecule has 0 saturated carbocycles. The summed E-state index contributed by atoms with van der Waals surface area (Å²) in [5, 5.41) is 10.6. The molecule has 1 aromatic rings. The molecule has 0 aliphatic carbocycles. The molecule has 28 heavy (non-hydrogen) atoms. The summed E-state index contributed by atoms with van der Waals surface area (Å²) in [6.07, 6.45) is -2.36. The quantitative estimate of drug-likeness (QED) is 0.848. The molecule has 1 amide bonds. The lowest BCUT2D eigenvalue weighted by Gasteiger charge is -2.43. The smallest absolute Gasteiger partial charge is 0.410 e. The van der Waals surface area contributed by atoms with Crippen LogP contribution in [0.5, 0.6) is 0 Å². The van der Waals surface area contributed by atoms with Crippen molar-refractivity contribution in [2.24, 2.45) is 0 Å². The van der Waals surface area contributed by atoms with Crippen LogP contribution in [-0.4, -0.2) is 65.0 Å². The van der Waals surface area contributed by atoms with E-state index in [1.807, 2.05) is 51.1 Å². The Kier molecular flexibility index (Phi) is 6.00. The molecule has 0 spiro atoms. The van der Waals surface area contributed by atoms with Gasteiger partial charge in [-0.2, -0.15) is 0 Å². The highest BCUT2D eigenvalue weighted by Crippen LogP contribution is 2.37. The van der Waals surface area contributed by atoms with E-state index in [0.717, 1.165) is 5.56 Å². The molecule has 0 bridgehead atoms. The topological polar surface area (TPSA) is 77.5 Å². The Labute approximate surface area is 166 Å². The summed E-state index contributed by atoms with van der Waals surface area (Å²) in [6.45, 7) is 9.82. The number of aliphatic hydroxyl groups is 1. The summed E-state index contributed by atoms with van der Waals surface area (Å²) in [7, 11) is 0. The number of rotatable bonds is 4. The first-order valence-corrected chi connectivity index (χ1v) is 9.71. The van der Waals surface area contributed by atoms with E-state index < -0.39 is 41.8 Å². The summed E-state index contributed by atoms with van der Waals surface area (Å²) < 4.78 is 23.4. The van der Waals surface area contributed by atoms with Gasteiger partial charge in [-0.05, 0) is 40.2 Å². The normalized spacial score (nSPS) is 29.4. The highest BCUT2D eigenvalue weighted by atomic mass is 16.8. The first-order chi connectivity index (χ1) is 13.1. The number of aliphatic hydroxyl groups excluding tert-OH is 1. The van der Waals surface area contributed by atoms with Crippen molar-refractivity contribution in [2.45, 2.75) is 77.0 Å². The molecular formula is C21H31NO6. The van der Waals surface area contributed by atoms with Crippen LogP contribution >= 0.6 is 0 Å². The molecule has 3 rings (SSSR count). The number of ether oxygens (including phenoxy) is 4. The van der Waals surface area contributed by atoms with Crippen LogP contribution in [0.25, 0.3) is 0 Å². The van der Waals surface area contributed by atoms with Gasteiger partial charge in [0.05, 0.1) is 25.8 Å². The second kappa shape index (κ2) is 7.99. The van der Waals surface area contributed by atoms with Crippen LogP contribution in [0.1, 0.15) is 40.2 Å². The minimum Gasteiger partial charge on any atom is -0.444 e. The molecule has 2 saturated heterocycles. The van der Waals surface area contributed by atoms with E-state index in [-0.39, 0.29) is 13.2 Å². The second-order valence-electron chi connectivity index (χ2n) is 8.83. The summed E-state index contributed by atoms with van der Waals surface area (Å²) in [5.41, 5.74) is 0.406. The number of hydrogen-bond acceptors (Lipinski definition) is 6. The van der Waals surface area contributed by atoms with E-state index >= 15 is 0 Å². The summed E-state index contributed by atoms with van der Waals surface area (Å²) in [5.74, 6) is -0.835. The van der Waals surface area contributed by atoms with Crippen molar-refractivity contribution in [1.29, 1.82) is 0 Å². The number of piperidine rings is 1. The molecule has 1 aromatic carbocycles. The Balaban J connectivity index is 1.75. The van der Waals surface area contributed by atoms with Gasteiger partial charge in [-0.15, -0.1) is 0 Å². The zero-order valence-corrected chi connectivity index (χ0v) is 17.3. The standard InChI is InChI=1S/C21H31NO6/c1-20(2,3)28-19(24)22-11-16(23)18-17(26-21(4,5)27-18)15(22)13-25-12-14-9-7-6-8-10-14/h6-10,15-18,23H,11-13H2,1-5H3/t15-,16+,17+,18-/m0/s1. The maximum atomic E-state index is 12.8. The Morgan fingerprint density at radius 3 is 2.50 bits per heavy atom. The number of amides is 1. The molecule has 2 heterocycles. The first kappa shape index (κ1) is 21.0. The fourth-order valence-electron chi connectivity index (χ4n) is 3.62. The molecule has 0 aromatic heterocycles. The van der Waals surface area contributed by atoms with E-state index in [0.29, 0.717) is 6.61 Å². The third kappa shape index (κ3) is 5.03. The minimum absolute atomic E-state index is 0.106. The van der Waals surface area contributed by atoms with Gasteiger partial charge in [0.2, 0.25) is 0 Å². The van der Waals surface area contributed by atoms with Gasteiger partial charge in [-0.1, -0.05) is 30.3 Å². The van der Waals surface area contributed by atoms with Crippen LogP contribution in [0.3, 0.4) is 0 Å². The number of benzene rings is 1. The van der Waals surface area contributed by atoms with Gasteiger partial charge < -0.3 is 24.1 Å². The average molecular weight is 393 g/mol. The minimum atomic E-state index is -0.857. The number of hydrogen-bond donors (Lipinski definition) is 1. The predicted molar refractivity (Wildman–Crippen MR) is 103 cm³/mol. The van der Waals surface area contributed by atoms with Crippen molar-refractivity contribution in [3.63, 3.8) is 0 Å². The third-order valence-electron chi connectivity index (χ3n) is 4.73. The van der Waals surface area contributed by atoms with E-state index in [2.05, 4.69) is 0 Å². The van der Waals surface area contributed by atoms with Gasteiger partial charge >= 0.3 is 6.09 Å². The van der Waals surface area contributed by atoms with E-state index in [9.17, 15) is 9.90 Å². The van der Waals surface area contributed by atoms with Crippen LogP contribution in [0.2, 0.25) is 0 Å². The Morgan fingerprint density at radius 2 is 1.86 bits per heavy atom. The maximum Gasteiger partial charge on any atom is 0.410 e. The summed E-state index contributed by atoms with van der Waals surface area (Å²) >= 11 is 0. The third-order valence-corrected chi connectivity index (χ3v) is 4.73. The number of carbonyl (C=O) groups is 1. The van der Waals surface area contributed by atoms with Crippen molar-refractivity contribution < 1.29 is 28.8 Å². The molecule has 2 fully saturated rings. The second-order valence-corrected chi connectivity index (χ2v) is 8.83. The SMILES string of the molecule is CC(C)(C)OC(=O)N1C[C@@H](O)[C@@H]2OC(C)(C)O[C@@H]2[C@@H]1COCc1ccccc1. The molecule has 7 nitrogen and oxygen atoms in total. The monoisotopic (exact) mass is 393 g/mol. The molecule has 0 radical (unpaired) electrons. The number of nitrogens with zero attached hydrogens (tertiary/aromatic N) is 1. The lowest BCUT2D eigenvalue weighted by molar-refractivity contribution is -0.154. The van der Waals surface area contributed by atoms with E-state index in [1.54, 1.807) is 13.8 Å². The highest BCUT2D eigenvalue weighted by molar-refractivity contribution is 5.69. The van der Waals surface area contributed by atoms with Gasteiger partial charge in [0.25, 0.3) is 0 Å². The van der Waals surface area contributed by atoms with Gasteiger partial charge in [0.15, 0.2) is 5.79 Å². The molecule has 7 heteroatoms. The number of β-amino-alcohol motifs (C(OH)–C–C–N with tert-alkyl or cyclic N) is 1.